The maximum atomic E-state index is 12.6. The summed E-state index contributed by atoms with van der Waals surface area (Å²) < 4.78 is 8.65. The van der Waals surface area contributed by atoms with Crippen LogP contribution >= 0.6 is 0 Å². The van der Waals surface area contributed by atoms with E-state index in [1.807, 2.05) is 16.7 Å². The highest BCUT2D eigenvalue weighted by Gasteiger charge is 2.19. The van der Waals surface area contributed by atoms with Crippen LogP contribution < -0.4 is 10.1 Å². The summed E-state index contributed by atoms with van der Waals surface area (Å²) in [7, 11) is 3.20. The first-order valence-corrected chi connectivity index (χ1v) is 8.66. The number of carbonyl (C=O) groups is 1. The van der Waals surface area contributed by atoms with E-state index in [9.17, 15) is 4.79 Å². The molecule has 1 N–H and O–H groups in total. The highest BCUT2D eigenvalue weighted by Crippen LogP contribution is 2.24. The summed E-state index contributed by atoms with van der Waals surface area (Å²) in [5.74, 6) is 1.40. The molecular formula is C18H23N7O2. The Kier molecular flexibility index (Phi) is 5.20. The third-order valence-corrected chi connectivity index (χ3v) is 4.43. The van der Waals surface area contributed by atoms with E-state index in [2.05, 4.69) is 46.4 Å². The van der Waals surface area contributed by atoms with Gasteiger partial charge >= 0.3 is 0 Å². The molecule has 27 heavy (non-hydrogen) atoms. The molecule has 0 radical (unpaired) electrons. The van der Waals surface area contributed by atoms with Gasteiger partial charge in [-0.05, 0) is 25.0 Å². The van der Waals surface area contributed by atoms with Crippen molar-refractivity contribution in [1.29, 1.82) is 0 Å². The molecule has 0 saturated heterocycles. The zero-order valence-corrected chi connectivity index (χ0v) is 16.0. The SMILES string of the molecule is COc1nn(C)cc1C(=O)Nc1cccc(-c2nncn2[C@H](C)C(C)C)n1. The molecule has 0 fully saturated rings. The van der Waals surface area contributed by atoms with E-state index in [-0.39, 0.29) is 17.8 Å². The lowest BCUT2D eigenvalue weighted by Crippen LogP contribution is -2.14. The molecule has 0 unspecified atom stereocenters. The molecule has 0 saturated carbocycles. The highest BCUT2D eigenvalue weighted by molar-refractivity contribution is 6.05. The number of hydrogen-bond donors (Lipinski definition) is 1. The Hall–Kier alpha value is -3.23. The van der Waals surface area contributed by atoms with E-state index in [0.29, 0.717) is 28.8 Å². The lowest BCUT2D eigenvalue weighted by Gasteiger charge is -2.18. The van der Waals surface area contributed by atoms with E-state index >= 15 is 0 Å². The average molecular weight is 369 g/mol. The largest absolute Gasteiger partial charge is 0.479 e. The Morgan fingerprint density at radius 3 is 2.74 bits per heavy atom. The number of aryl methyl sites for hydroxylation is 1. The quantitative estimate of drug-likeness (QED) is 0.717. The van der Waals surface area contributed by atoms with Crippen LogP contribution in [0.5, 0.6) is 5.88 Å². The van der Waals surface area contributed by atoms with Gasteiger partial charge < -0.3 is 14.6 Å². The minimum absolute atomic E-state index is 0.217. The van der Waals surface area contributed by atoms with Crippen LogP contribution in [0, 0.1) is 5.92 Å². The molecule has 3 aromatic heterocycles. The molecule has 0 spiro atoms. The van der Waals surface area contributed by atoms with Crippen LogP contribution in [0.3, 0.4) is 0 Å². The van der Waals surface area contributed by atoms with Crippen molar-refractivity contribution in [2.24, 2.45) is 13.0 Å². The summed E-state index contributed by atoms with van der Waals surface area (Å²) in [5.41, 5.74) is 0.972. The number of nitrogens with one attached hydrogen (secondary N) is 1. The van der Waals surface area contributed by atoms with Gasteiger partial charge in [-0.15, -0.1) is 15.3 Å². The number of anilines is 1. The maximum Gasteiger partial charge on any atom is 0.263 e. The lowest BCUT2D eigenvalue weighted by molar-refractivity contribution is 0.102. The van der Waals surface area contributed by atoms with E-state index in [1.54, 1.807) is 25.6 Å². The second-order valence-corrected chi connectivity index (χ2v) is 6.63. The van der Waals surface area contributed by atoms with Crippen LogP contribution in [0.2, 0.25) is 0 Å². The molecule has 3 rings (SSSR count). The van der Waals surface area contributed by atoms with Crippen LogP contribution in [0.15, 0.2) is 30.7 Å². The molecule has 3 heterocycles. The fraction of sp³-hybridized carbons (Fsp3) is 0.389. The Morgan fingerprint density at radius 1 is 1.26 bits per heavy atom. The fourth-order valence-corrected chi connectivity index (χ4v) is 2.63. The molecular weight excluding hydrogens is 346 g/mol. The third kappa shape index (κ3) is 3.81. The van der Waals surface area contributed by atoms with Gasteiger partial charge in [-0.2, -0.15) is 0 Å². The van der Waals surface area contributed by atoms with Gasteiger partial charge in [-0.1, -0.05) is 19.9 Å². The minimum Gasteiger partial charge on any atom is -0.479 e. The molecule has 9 nitrogen and oxygen atoms in total. The number of amides is 1. The summed E-state index contributed by atoms with van der Waals surface area (Å²) in [4.78, 5) is 17.1. The summed E-state index contributed by atoms with van der Waals surface area (Å²) in [6.07, 6.45) is 3.30. The summed E-state index contributed by atoms with van der Waals surface area (Å²) in [6.45, 7) is 6.39. The van der Waals surface area contributed by atoms with Gasteiger partial charge in [0.25, 0.3) is 5.91 Å². The van der Waals surface area contributed by atoms with Gasteiger partial charge in [0.2, 0.25) is 5.88 Å². The third-order valence-electron chi connectivity index (χ3n) is 4.43. The monoisotopic (exact) mass is 369 g/mol. The van der Waals surface area contributed by atoms with E-state index in [1.165, 1.54) is 11.8 Å². The van der Waals surface area contributed by atoms with Gasteiger partial charge in [0.15, 0.2) is 5.82 Å². The van der Waals surface area contributed by atoms with Crippen molar-refractivity contribution in [3.8, 4) is 17.4 Å². The van der Waals surface area contributed by atoms with Crippen molar-refractivity contribution in [2.45, 2.75) is 26.8 Å². The molecule has 3 aromatic rings. The first-order chi connectivity index (χ1) is 12.9. The van der Waals surface area contributed by atoms with Crippen LogP contribution in [0.4, 0.5) is 5.82 Å². The molecule has 0 bridgehead atoms. The Labute approximate surface area is 157 Å². The van der Waals surface area contributed by atoms with Crippen molar-refractivity contribution < 1.29 is 9.53 Å². The molecule has 0 aliphatic carbocycles. The van der Waals surface area contributed by atoms with Gasteiger partial charge in [-0.25, -0.2) is 4.98 Å². The van der Waals surface area contributed by atoms with Crippen molar-refractivity contribution in [3.63, 3.8) is 0 Å². The highest BCUT2D eigenvalue weighted by atomic mass is 16.5. The molecule has 1 atom stereocenters. The van der Waals surface area contributed by atoms with E-state index < -0.39 is 0 Å². The topological polar surface area (TPSA) is 99.8 Å². The summed E-state index contributed by atoms with van der Waals surface area (Å²) in [6, 6.07) is 5.59. The van der Waals surface area contributed by atoms with Crippen LogP contribution in [0.25, 0.3) is 11.5 Å². The average Bonchev–Trinajstić information content (AvgIpc) is 3.27. The van der Waals surface area contributed by atoms with Crippen molar-refractivity contribution >= 4 is 11.7 Å². The predicted molar refractivity (Wildman–Crippen MR) is 101 cm³/mol. The molecule has 0 aliphatic heterocycles. The molecule has 0 aromatic carbocycles. The second-order valence-electron chi connectivity index (χ2n) is 6.63. The fourth-order valence-electron chi connectivity index (χ4n) is 2.63. The number of carbonyl (C=O) groups excluding carboxylic acids is 1. The van der Waals surface area contributed by atoms with Gasteiger partial charge in [-0.3, -0.25) is 9.48 Å². The Bertz CT molecular complexity index is 945. The first-order valence-electron chi connectivity index (χ1n) is 8.66. The number of pyridine rings is 1. The maximum absolute atomic E-state index is 12.6. The number of hydrogen-bond acceptors (Lipinski definition) is 6. The minimum atomic E-state index is -0.346. The summed E-state index contributed by atoms with van der Waals surface area (Å²) in [5, 5.41) is 15.1. The smallest absolute Gasteiger partial charge is 0.263 e. The zero-order chi connectivity index (χ0) is 19.6. The van der Waals surface area contributed by atoms with E-state index in [0.717, 1.165) is 0 Å². The number of aromatic nitrogens is 6. The molecule has 9 heteroatoms. The second kappa shape index (κ2) is 7.56. The van der Waals surface area contributed by atoms with Gasteiger partial charge in [0, 0.05) is 19.3 Å². The first kappa shape index (κ1) is 18.6. The Morgan fingerprint density at radius 2 is 2.04 bits per heavy atom. The number of ether oxygens (including phenoxy) is 1. The van der Waals surface area contributed by atoms with Crippen LogP contribution in [0.1, 0.15) is 37.2 Å². The number of nitrogens with zero attached hydrogens (tertiary/aromatic N) is 6. The number of methoxy groups -OCH3 is 1. The van der Waals surface area contributed by atoms with Gasteiger partial charge in [0.1, 0.15) is 23.4 Å². The van der Waals surface area contributed by atoms with Crippen molar-refractivity contribution in [3.05, 3.63) is 36.3 Å². The zero-order valence-electron chi connectivity index (χ0n) is 16.0. The summed E-state index contributed by atoms with van der Waals surface area (Å²) >= 11 is 0. The Balaban J connectivity index is 1.87. The van der Waals surface area contributed by atoms with Crippen molar-refractivity contribution in [1.82, 2.24) is 29.5 Å². The van der Waals surface area contributed by atoms with E-state index in [4.69, 9.17) is 4.74 Å². The van der Waals surface area contributed by atoms with Crippen molar-refractivity contribution in [2.75, 3.05) is 12.4 Å². The molecule has 1 amide bonds. The van der Waals surface area contributed by atoms with Crippen LogP contribution in [-0.2, 0) is 7.05 Å². The standard InChI is InChI=1S/C18H23N7O2/c1-11(2)12(3)25-10-19-22-16(25)14-7-6-8-15(20-14)21-17(26)13-9-24(4)23-18(13)27-5/h6-12H,1-5H3,(H,20,21,26)/t12-/m1/s1. The normalized spacial score (nSPS) is 12.2. The molecule has 0 aliphatic rings. The predicted octanol–water partition coefficient (Wildman–Crippen LogP) is 2.55. The number of rotatable bonds is 6. The molecule has 142 valence electrons. The van der Waals surface area contributed by atoms with Crippen LogP contribution in [-0.4, -0.2) is 42.5 Å². The van der Waals surface area contributed by atoms with Gasteiger partial charge in [0.05, 0.1) is 7.11 Å². The lowest BCUT2D eigenvalue weighted by atomic mass is 10.1.